The second kappa shape index (κ2) is 7.71. The summed E-state index contributed by atoms with van der Waals surface area (Å²) in [5, 5.41) is 2.98. The number of likely N-dealkylation sites (N-methyl/N-ethyl adjacent to an activating group) is 1. The van der Waals surface area contributed by atoms with Crippen LogP contribution in [0.1, 0.15) is 24.1 Å². The maximum atomic E-state index is 12.9. The van der Waals surface area contributed by atoms with Crippen LogP contribution in [0.2, 0.25) is 0 Å². The summed E-state index contributed by atoms with van der Waals surface area (Å²) in [5.41, 5.74) is 2.06. The fraction of sp³-hybridized carbons (Fsp3) is 0.278. The predicted octanol–water partition coefficient (Wildman–Crippen LogP) is 3.13. The van der Waals surface area contributed by atoms with E-state index < -0.39 is 0 Å². The summed E-state index contributed by atoms with van der Waals surface area (Å²) in [5.74, 6) is -0.276. The fourth-order valence-corrected chi connectivity index (χ4v) is 2.31. The number of nitrogens with one attached hydrogen (secondary N) is 1. The molecular formula is C18H21FN2O. The molecule has 2 aromatic carbocycles. The molecule has 0 saturated carbocycles. The molecule has 0 aliphatic heterocycles. The third-order valence-corrected chi connectivity index (χ3v) is 3.46. The highest BCUT2D eigenvalue weighted by Crippen LogP contribution is 2.11. The molecule has 2 aromatic rings. The van der Waals surface area contributed by atoms with Gasteiger partial charge in [0.1, 0.15) is 5.82 Å². The zero-order chi connectivity index (χ0) is 15.9. The molecule has 0 radical (unpaired) electrons. The molecule has 0 aliphatic rings. The summed E-state index contributed by atoms with van der Waals surface area (Å²) < 4.78 is 12.9. The van der Waals surface area contributed by atoms with E-state index in [1.54, 1.807) is 12.1 Å². The Labute approximate surface area is 130 Å². The van der Waals surface area contributed by atoms with Crippen LogP contribution < -0.4 is 5.32 Å². The van der Waals surface area contributed by atoms with Crippen molar-refractivity contribution in [2.75, 3.05) is 13.6 Å². The molecular weight excluding hydrogens is 279 g/mol. The summed E-state index contributed by atoms with van der Waals surface area (Å²) in [6.07, 6.45) is 0. The molecule has 0 unspecified atom stereocenters. The molecule has 0 fully saturated rings. The van der Waals surface area contributed by atoms with Gasteiger partial charge in [-0.25, -0.2) is 4.39 Å². The van der Waals surface area contributed by atoms with Gasteiger partial charge < -0.3 is 5.32 Å². The Morgan fingerprint density at radius 3 is 2.41 bits per heavy atom. The van der Waals surface area contributed by atoms with Crippen molar-refractivity contribution < 1.29 is 9.18 Å². The van der Waals surface area contributed by atoms with Crippen molar-refractivity contribution in [3.63, 3.8) is 0 Å². The van der Waals surface area contributed by atoms with Gasteiger partial charge in [-0.3, -0.25) is 9.69 Å². The SMILES string of the molecule is C[C@H](NC(=O)CN(C)Cc1ccc(F)cc1)c1ccccc1. The number of carbonyl (C=O) groups excluding carboxylic acids is 1. The predicted molar refractivity (Wildman–Crippen MR) is 85.7 cm³/mol. The second-order valence-corrected chi connectivity index (χ2v) is 5.50. The van der Waals surface area contributed by atoms with E-state index in [2.05, 4.69) is 5.32 Å². The lowest BCUT2D eigenvalue weighted by molar-refractivity contribution is -0.122. The maximum Gasteiger partial charge on any atom is 0.234 e. The summed E-state index contributed by atoms with van der Waals surface area (Å²) in [6, 6.07) is 16.2. The lowest BCUT2D eigenvalue weighted by Gasteiger charge is -2.19. The van der Waals surface area contributed by atoms with Gasteiger partial charge in [-0.05, 0) is 37.2 Å². The molecule has 0 aliphatic carbocycles. The number of benzene rings is 2. The maximum absolute atomic E-state index is 12.9. The van der Waals surface area contributed by atoms with Crippen molar-refractivity contribution in [2.24, 2.45) is 0 Å². The van der Waals surface area contributed by atoms with Gasteiger partial charge in [-0.15, -0.1) is 0 Å². The molecule has 0 saturated heterocycles. The zero-order valence-corrected chi connectivity index (χ0v) is 12.9. The Morgan fingerprint density at radius 2 is 1.77 bits per heavy atom. The van der Waals surface area contributed by atoms with Crippen LogP contribution in [0.15, 0.2) is 54.6 Å². The van der Waals surface area contributed by atoms with Gasteiger partial charge in [0.2, 0.25) is 5.91 Å². The van der Waals surface area contributed by atoms with Crippen LogP contribution in [-0.4, -0.2) is 24.4 Å². The molecule has 1 amide bonds. The average molecular weight is 300 g/mol. The number of amides is 1. The number of hydrogen-bond acceptors (Lipinski definition) is 2. The Morgan fingerprint density at radius 1 is 1.14 bits per heavy atom. The molecule has 22 heavy (non-hydrogen) atoms. The first-order chi connectivity index (χ1) is 10.5. The Kier molecular flexibility index (Phi) is 5.67. The number of halogens is 1. The average Bonchev–Trinajstić information content (AvgIpc) is 2.50. The number of nitrogens with zero attached hydrogens (tertiary/aromatic N) is 1. The normalized spacial score (nSPS) is 12.2. The summed E-state index contributed by atoms with van der Waals surface area (Å²) in [4.78, 5) is 14.0. The zero-order valence-electron chi connectivity index (χ0n) is 12.9. The minimum atomic E-state index is -0.249. The molecule has 116 valence electrons. The van der Waals surface area contributed by atoms with E-state index in [4.69, 9.17) is 0 Å². The van der Waals surface area contributed by atoms with Gasteiger partial charge in [-0.1, -0.05) is 42.5 Å². The molecule has 4 heteroatoms. The van der Waals surface area contributed by atoms with E-state index in [1.165, 1.54) is 12.1 Å². The van der Waals surface area contributed by atoms with Crippen molar-refractivity contribution in [3.8, 4) is 0 Å². The van der Waals surface area contributed by atoms with Gasteiger partial charge in [0.25, 0.3) is 0 Å². The van der Waals surface area contributed by atoms with Gasteiger partial charge in [0, 0.05) is 6.54 Å². The van der Waals surface area contributed by atoms with E-state index in [0.717, 1.165) is 11.1 Å². The number of carbonyl (C=O) groups is 1. The Balaban J connectivity index is 1.82. The highest BCUT2D eigenvalue weighted by atomic mass is 19.1. The number of hydrogen-bond donors (Lipinski definition) is 1. The minimum Gasteiger partial charge on any atom is -0.348 e. The van der Waals surface area contributed by atoms with E-state index in [9.17, 15) is 9.18 Å². The molecule has 3 nitrogen and oxygen atoms in total. The van der Waals surface area contributed by atoms with E-state index >= 15 is 0 Å². The lowest BCUT2D eigenvalue weighted by atomic mass is 10.1. The van der Waals surface area contributed by atoms with Gasteiger partial charge in [0.15, 0.2) is 0 Å². The topological polar surface area (TPSA) is 32.3 Å². The first kappa shape index (κ1) is 16.2. The summed E-state index contributed by atoms with van der Waals surface area (Å²) in [6.45, 7) is 2.87. The van der Waals surface area contributed by atoms with Crippen molar-refractivity contribution >= 4 is 5.91 Å². The third kappa shape index (κ3) is 4.97. The molecule has 0 bridgehead atoms. The van der Waals surface area contributed by atoms with Crippen LogP contribution in [0.4, 0.5) is 4.39 Å². The van der Waals surface area contributed by atoms with E-state index in [-0.39, 0.29) is 17.8 Å². The Bertz CT molecular complexity index is 598. The molecule has 0 heterocycles. The molecule has 1 atom stereocenters. The smallest absolute Gasteiger partial charge is 0.234 e. The van der Waals surface area contributed by atoms with Crippen molar-refractivity contribution in [1.29, 1.82) is 0 Å². The van der Waals surface area contributed by atoms with Crippen molar-refractivity contribution in [3.05, 3.63) is 71.5 Å². The van der Waals surface area contributed by atoms with Gasteiger partial charge >= 0.3 is 0 Å². The standard InChI is InChI=1S/C18H21FN2O/c1-14(16-6-4-3-5-7-16)20-18(22)13-21(2)12-15-8-10-17(19)11-9-15/h3-11,14H,12-13H2,1-2H3,(H,20,22)/t14-/m0/s1. The number of rotatable bonds is 6. The van der Waals surface area contributed by atoms with Gasteiger partial charge in [0.05, 0.1) is 12.6 Å². The van der Waals surface area contributed by atoms with Crippen molar-refractivity contribution in [1.82, 2.24) is 10.2 Å². The van der Waals surface area contributed by atoms with Crippen LogP contribution in [0.25, 0.3) is 0 Å². The van der Waals surface area contributed by atoms with E-state index in [0.29, 0.717) is 13.1 Å². The fourth-order valence-electron chi connectivity index (χ4n) is 2.31. The first-order valence-corrected chi connectivity index (χ1v) is 7.32. The summed E-state index contributed by atoms with van der Waals surface area (Å²) in [7, 11) is 1.87. The molecule has 2 rings (SSSR count). The van der Waals surface area contributed by atoms with E-state index in [1.807, 2.05) is 49.2 Å². The highest BCUT2D eigenvalue weighted by Gasteiger charge is 2.11. The molecule has 0 aromatic heterocycles. The summed E-state index contributed by atoms with van der Waals surface area (Å²) >= 11 is 0. The largest absolute Gasteiger partial charge is 0.348 e. The monoisotopic (exact) mass is 300 g/mol. The van der Waals surface area contributed by atoms with Crippen LogP contribution in [0, 0.1) is 5.82 Å². The first-order valence-electron chi connectivity index (χ1n) is 7.32. The minimum absolute atomic E-state index is 0.0204. The van der Waals surface area contributed by atoms with Crippen LogP contribution in [0.5, 0.6) is 0 Å². The third-order valence-electron chi connectivity index (χ3n) is 3.46. The van der Waals surface area contributed by atoms with Crippen LogP contribution >= 0.6 is 0 Å². The van der Waals surface area contributed by atoms with Crippen LogP contribution in [-0.2, 0) is 11.3 Å². The second-order valence-electron chi connectivity index (χ2n) is 5.50. The quantitative estimate of drug-likeness (QED) is 0.889. The lowest BCUT2D eigenvalue weighted by Crippen LogP contribution is -2.36. The highest BCUT2D eigenvalue weighted by molar-refractivity contribution is 5.78. The van der Waals surface area contributed by atoms with Gasteiger partial charge in [-0.2, -0.15) is 0 Å². The Hall–Kier alpha value is -2.20. The van der Waals surface area contributed by atoms with Crippen LogP contribution in [0.3, 0.4) is 0 Å². The van der Waals surface area contributed by atoms with Crippen molar-refractivity contribution in [2.45, 2.75) is 19.5 Å². The molecule has 1 N–H and O–H groups in total. The molecule has 0 spiro atoms.